The number of anilines is 1. The number of hydrogen-bond acceptors (Lipinski definition) is 4. The zero-order valence-electron chi connectivity index (χ0n) is 19.9. The number of halogens is 2. The molecule has 0 radical (unpaired) electrons. The fraction of sp³-hybridized carbons (Fsp3) is 0.185. The van der Waals surface area contributed by atoms with Gasteiger partial charge in [0.1, 0.15) is 11.5 Å². The molecule has 2 N–H and O–H groups in total. The summed E-state index contributed by atoms with van der Waals surface area (Å²) in [6.07, 6.45) is 1.78. The van der Waals surface area contributed by atoms with Crippen LogP contribution in [0, 0.1) is 13.8 Å². The van der Waals surface area contributed by atoms with Crippen molar-refractivity contribution in [2.45, 2.75) is 25.9 Å². The number of phenolic OH excluding ortho intramolecular Hbond substituents is 1. The lowest BCUT2D eigenvalue weighted by atomic mass is 9.96. The zero-order chi connectivity index (χ0) is 25.6. The maximum absolute atomic E-state index is 10.6. The number of nitrogens with one attached hydrogen (secondary N) is 1. The molecule has 0 unspecified atom stereocenters. The molecule has 2 atom stereocenters. The largest absolute Gasteiger partial charge is 0.506 e. The van der Waals surface area contributed by atoms with Crippen LogP contribution in [0.5, 0.6) is 11.5 Å². The van der Waals surface area contributed by atoms with E-state index in [0.717, 1.165) is 28.3 Å². The molecule has 5 rings (SSSR count). The van der Waals surface area contributed by atoms with E-state index in [4.69, 9.17) is 40.2 Å². The van der Waals surface area contributed by atoms with Crippen LogP contribution < -0.4 is 15.0 Å². The summed E-state index contributed by atoms with van der Waals surface area (Å²) in [6, 6.07) is 18.1. The molecule has 184 valence electrons. The van der Waals surface area contributed by atoms with Crippen LogP contribution in [0.3, 0.4) is 0 Å². The SMILES string of the molecule is COc1ccc(N2C(=S)N[C@H](c3ccccn3)[C@@H]2c2cc(C)n(-c3cc(Cl)ccc3O)c2C)cc1Cl. The van der Waals surface area contributed by atoms with E-state index in [0.29, 0.717) is 26.6 Å². The Kier molecular flexibility index (Phi) is 6.55. The average Bonchev–Trinajstić information content (AvgIpc) is 3.36. The van der Waals surface area contributed by atoms with Crippen LogP contribution in [0.4, 0.5) is 5.69 Å². The molecule has 9 heteroatoms. The van der Waals surface area contributed by atoms with Crippen LogP contribution >= 0.6 is 35.4 Å². The molecule has 36 heavy (non-hydrogen) atoms. The van der Waals surface area contributed by atoms with Gasteiger partial charge in [-0.05, 0) is 86.2 Å². The van der Waals surface area contributed by atoms with Crippen LogP contribution in [0.25, 0.3) is 5.69 Å². The molecule has 3 heterocycles. The summed E-state index contributed by atoms with van der Waals surface area (Å²) in [5, 5.41) is 15.7. The minimum absolute atomic E-state index is 0.146. The van der Waals surface area contributed by atoms with Gasteiger partial charge < -0.3 is 24.6 Å². The van der Waals surface area contributed by atoms with Crippen molar-refractivity contribution >= 4 is 46.2 Å². The van der Waals surface area contributed by atoms with Gasteiger partial charge in [-0.1, -0.05) is 29.3 Å². The molecule has 0 spiro atoms. The third-order valence-corrected chi connectivity index (χ3v) is 7.32. The second-order valence-corrected chi connectivity index (χ2v) is 9.84. The van der Waals surface area contributed by atoms with Gasteiger partial charge in [0.15, 0.2) is 5.11 Å². The van der Waals surface area contributed by atoms with E-state index in [2.05, 4.69) is 21.3 Å². The first-order valence-corrected chi connectivity index (χ1v) is 12.5. The molecule has 6 nitrogen and oxygen atoms in total. The number of benzene rings is 2. The van der Waals surface area contributed by atoms with E-state index in [1.807, 2.05) is 54.8 Å². The zero-order valence-corrected chi connectivity index (χ0v) is 22.2. The van der Waals surface area contributed by atoms with Gasteiger partial charge in [-0.2, -0.15) is 0 Å². The van der Waals surface area contributed by atoms with Gasteiger partial charge in [-0.15, -0.1) is 0 Å². The minimum atomic E-state index is -0.238. The first kappa shape index (κ1) is 24.4. The summed E-state index contributed by atoms with van der Waals surface area (Å²) in [5.74, 6) is 0.735. The smallest absolute Gasteiger partial charge is 0.174 e. The van der Waals surface area contributed by atoms with E-state index in [-0.39, 0.29) is 17.8 Å². The molecular formula is C27H24Cl2N4O2S. The Morgan fingerprint density at radius 1 is 1.06 bits per heavy atom. The molecule has 0 amide bonds. The van der Waals surface area contributed by atoms with Gasteiger partial charge >= 0.3 is 0 Å². The van der Waals surface area contributed by atoms with Gasteiger partial charge in [0.05, 0.1) is 35.6 Å². The standard InChI is InChI=1S/C27H24Cl2N4O2S/c1-15-12-19(16(2)32(15)22-13-17(28)7-9-23(22)34)26-25(21-6-4-5-11-30-21)31-27(36)33(26)18-8-10-24(35-3)20(29)14-18/h4-14,25-26,34H,1-3H3,(H,31,36)/t25-,26+/m1/s1. The molecule has 1 aliphatic heterocycles. The van der Waals surface area contributed by atoms with Gasteiger partial charge in [-0.3, -0.25) is 4.98 Å². The maximum atomic E-state index is 10.6. The Hall–Kier alpha value is -3.26. The van der Waals surface area contributed by atoms with E-state index in [1.54, 1.807) is 31.5 Å². The molecule has 0 aliphatic carbocycles. The number of methoxy groups -OCH3 is 1. The second-order valence-electron chi connectivity index (χ2n) is 8.61. The van der Waals surface area contributed by atoms with Crippen LogP contribution in [0.15, 0.2) is 66.9 Å². The highest BCUT2D eigenvalue weighted by atomic mass is 35.5. The highest BCUT2D eigenvalue weighted by molar-refractivity contribution is 7.80. The summed E-state index contributed by atoms with van der Waals surface area (Å²) >= 11 is 18.6. The normalized spacial score (nSPS) is 17.4. The molecule has 0 saturated carbocycles. The fourth-order valence-electron chi connectivity index (χ4n) is 4.89. The van der Waals surface area contributed by atoms with E-state index in [1.165, 1.54) is 0 Å². The van der Waals surface area contributed by atoms with E-state index >= 15 is 0 Å². The van der Waals surface area contributed by atoms with Gasteiger partial charge in [0.2, 0.25) is 0 Å². The lowest BCUT2D eigenvalue weighted by Gasteiger charge is -2.28. The number of phenols is 1. The van der Waals surface area contributed by atoms with Crippen molar-refractivity contribution in [3.8, 4) is 17.2 Å². The molecule has 1 saturated heterocycles. The minimum Gasteiger partial charge on any atom is -0.506 e. The first-order valence-electron chi connectivity index (χ1n) is 11.3. The summed E-state index contributed by atoms with van der Waals surface area (Å²) in [5.41, 5.74) is 5.24. The Balaban J connectivity index is 1.70. The van der Waals surface area contributed by atoms with Gasteiger partial charge in [0, 0.05) is 28.3 Å². The first-order chi connectivity index (χ1) is 17.3. The molecule has 0 bridgehead atoms. The lowest BCUT2D eigenvalue weighted by Crippen LogP contribution is -2.29. The third kappa shape index (κ3) is 4.17. The van der Waals surface area contributed by atoms with Crippen molar-refractivity contribution in [3.05, 3.63) is 99.6 Å². The summed E-state index contributed by atoms with van der Waals surface area (Å²) in [6.45, 7) is 4.03. The highest BCUT2D eigenvalue weighted by Gasteiger charge is 2.42. The van der Waals surface area contributed by atoms with Crippen molar-refractivity contribution in [2.75, 3.05) is 12.0 Å². The molecule has 1 fully saturated rings. The predicted octanol–water partition coefficient (Wildman–Crippen LogP) is 6.69. The highest BCUT2D eigenvalue weighted by Crippen LogP contribution is 2.45. The van der Waals surface area contributed by atoms with Crippen LogP contribution in [0.2, 0.25) is 10.0 Å². The number of ether oxygens (including phenoxy) is 1. The number of aromatic nitrogens is 2. The number of nitrogens with zero attached hydrogens (tertiary/aromatic N) is 3. The number of hydrogen-bond donors (Lipinski definition) is 2. The fourth-order valence-corrected chi connectivity index (χ4v) is 5.65. The number of rotatable bonds is 5. The molecule has 2 aromatic heterocycles. The summed E-state index contributed by atoms with van der Waals surface area (Å²) < 4.78 is 7.36. The Morgan fingerprint density at radius 3 is 2.56 bits per heavy atom. The van der Waals surface area contributed by atoms with E-state index < -0.39 is 0 Å². The summed E-state index contributed by atoms with van der Waals surface area (Å²) in [4.78, 5) is 6.69. The quantitative estimate of drug-likeness (QED) is 0.276. The van der Waals surface area contributed by atoms with Crippen LogP contribution in [-0.2, 0) is 0 Å². The average molecular weight is 539 g/mol. The number of thiocarbonyl (C=S) groups is 1. The number of aromatic hydroxyl groups is 1. The second kappa shape index (κ2) is 9.65. The summed E-state index contributed by atoms with van der Waals surface area (Å²) in [7, 11) is 1.59. The molecule has 2 aromatic carbocycles. The topological polar surface area (TPSA) is 62.5 Å². The molecule has 4 aromatic rings. The van der Waals surface area contributed by atoms with Gasteiger partial charge in [0.25, 0.3) is 0 Å². The van der Waals surface area contributed by atoms with Crippen molar-refractivity contribution in [1.82, 2.24) is 14.9 Å². The van der Waals surface area contributed by atoms with Crippen molar-refractivity contribution in [3.63, 3.8) is 0 Å². The van der Waals surface area contributed by atoms with Crippen molar-refractivity contribution in [1.29, 1.82) is 0 Å². The third-order valence-electron chi connectivity index (χ3n) is 6.48. The Bertz CT molecular complexity index is 1460. The van der Waals surface area contributed by atoms with Gasteiger partial charge in [-0.25, -0.2) is 0 Å². The van der Waals surface area contributed by atoms with Crippen molar-refractivity contribution in [2.24, 2.45) is 0 Å². The molecule has 1 aliphatic rings. The van der Waals surface area contributed by atoms with Crippen molar-refractivity contribution < 1.29 is 9.84 Å². The number of pyridine rings is 1. The maximum Gasteiger partial charge on any atom is 0.174 e. The van der Waals surface area contributed by atoms with Crippen LogP contribution in [-0.4, -0.2) is 26.9 Å². The lowest BCUT2D eigenvalue weighted by molar-refractivity contribution is 0.415. The Morgan fingerprint density at radius 2 is 1.86 bits per heavy atom. The number of aryl methyl sites for hydroxylation is 1. The predicted molar refractivity (Wildman–Crippen MR) is 148 cm³/mol. The molecular weight excluding hydrogens is 515 g/mol. The monoisotopic (exact) mass is 538 g/mol. The van der Waals surface area contributed by atoms with Crippen LogP contribution in [0.1, 0.15) is 34.7 Å². The Labute approximate surface area is 225 Å². The van der Waals surface area contributed by atoms with E-state index in [9.17, 15) is 5.11 Å².